The zero-order chi connectivity index (χ0) is 16.8. The Morgan fingerprint density at radius 1 is 1.32 bits per heavy atom. The Labute approximate surface area is 138 Å². The van der Waals surface area contributed by atoms with Gasteiger partial charge in [-0.15, -0.1) is 0 Å². The number of carbonyl (C=O) groups excluding carboxylic acids is 1. The molecule has 0 fully saturated rings. The van der Waals surface area contributed by atoms with E-state index in [1.54, 1.807) is 33.9 Å². The highest BCUT2D eigenvalue weighted by molar-refractivity contribution is 9.10. The van der Waals surface area contributed by atoms with E-state index in [1.807, 2.05) is 0 Å². The first kappa shape index (κ1) is 18.5. The highest BCUT2D eigenvalue weighted by Crippen LogP contribution is 2.33. The molecule has 0 unspecified atom stereocenters. The van der Waals surface area contributed by atoms with Gasteiger partial charge in [0.05, 0.1) is 19.4 Å². The smallest absolute Gasteiger partial charge is 0.412 e. The van der Waals surface area contributed by atoms with Crippen LogP contribution in [0.25, 0.3) is 0 Å². The summed E-state index contributed by atoms with van der Waals surface area (Å²) < 4.78 is 21.2. The molecule has 7 nitrogen and oxygen atoms in total. The minimum atomic E-state index is -0.589. The SMILES string of the molecule is COCCOc1cc(NC(=O)OC(C)(C)C)c(Br)nc1OC. The Balaban J connectivity index is 2.90. The predicted molar refractivity (Wildman–Crippen MR) is 85.7 cm³/mol. The van der Waals surface area contributed by atoms with Gasteiger partial charge in [0, 0.05) is 13.2 Å². The average Bonchev–Trinajstić information content (AvgIpc) is 2.40. The number of nitrogens with zero attached hydrogens (tertiary/aromatic N) is 1. The third-order valence-electron chi connectivity index (χ3n) is 2.28. The van der Waals surface area contributed by atoms with Gasteiger partial charge >= 0.3 is 6.09 Å². The number of carbonyl (C=O) groups is 1. The van der Waals surface area contributed by atoms with Crippen LogP contribution < -0.4 is 14.8 Å². The van der Waals surface area contributed by atoms with Crippen molar-refractivity contribution >= 4 is 27.7 Å². The van der Waals surface area contributed by atoms with Gasteiger partial charge in [0.1, 0.15) is 16.8 Å². The lowest BCUT2D eigenvalue weighted by molar-refractivity contribution is 0.0635. The number of halogens is 1. The largest absolute Gasteiger partial charge is 0.485 e. The van der Waals surface area contributed by atoms with Crippen LogP contribution in [-0.4, -0.2) is 44.1 Å². The first-order valence-corrected chi connectivity index (χ1v) is 7.42. The number of amides is 1. The maximum absolute atomic E-state index is 11.8. The average molecular weight is 377 g/mol. The number of ether oxygens (including phenoxy) is 4. The quantitative estimate of drug-likeness (QED) is 0.606. The summed E-state index contributed by atoms with van der Waals surface area (Å²) in [6, 6.07) is 1.61. The van der Waals surface area contributed by atoms with E-state index in [9.17, 15) is 4.79 Å². The number of pyridine rings is 1. The summed E-state index contributed by atoms with van der Waals surface area (Å²) >= 11 is 3.27. The van der Waals surface area contributed by atoms with E-state index in [0.717, 1.165) is 0 Å². The van der Waals surface area contributed by atoms with Crippen LogP contribution in [0.15, 0.2) is 10.7 Å². The van der Waals surface area contributed by atoms with E-state index >= 15 is 0 Å². The number of nitrogens with one attached hydrogen (secondary N) is 1. The van der Waals surface area contributed by atoms with E-state index < -0.39 is 11.7 Å². The van der Waals surface area contributed by atoms with E-state index in [2.05, 4.69) is 26.2 Å². The molecule has 22 heavy (non-hydrogen) atoms. The summed E-state index contributed by atoms with van der Waals surface area (Å²) in [7, 11) is 3.06. The molecular weight excluding hydrogens is 356 g/mol. The fourth-order valence-electron chi connectivity index (χ4n) is 1.44. The Kier molecular flexibility index (Phi) is 6.89. The lowest BCUT2D eigenvalue weighted by Crippen LogP contribution is -2.27. The van der Waals surface area contributed by atoms with Crippen LogP contribution in [0, 0.1) is 0 Å². The van der Waals surface area contributed by atoms with Gasteiger partial charge in [0.25, 0.3) is 5.88 Å². The van der Waals surface area contributed by atoms with Gasteiger partial charge in [-0.2, -0.15) is 0 Å². The summed E-state index contributed by atoms with van der Waals surface area (Å²) in [5.74, 6) is 0.700. The van der Waals surface area contributed by atoms with Crippen molar-refractivity contribution in [1.82, 2.24) is 4.98 Å². The van der Waals surface area contributed by atoms with Gasteiger partial charge in [-0.05, 0) is 36.7 Å². The number of hydrogen-bond donors (Lipinski definition) is 1. The van der Waals surface area contributed by atoms with E-state index in [1.165, 1.54) is 7.11 Å². The van der Waals surface area contributed by atoms with E-state index in [0.29, 0.717) is 35.1 Å². The molecular formula is C14H21BrN2O5. The van der Waals surface area contributed by atoms with Crippen molar-refractivity contribution in [2.75, 3.05) is 32.8 Å². The highest BCUT2D eigenvalue weighted by Gasteiger charge is 2.19. The van der Waals surface area contributed by atoms with Gasteiger partial charge in [-0.3, -0.25) is 5.32 Å². The number of aromatic nitrogens is 1. The molecule has 1 aromatic rings. The molecule has 8 heteroatoms. The maximum atomic E-state index is 11.8. The Bertz CT molecular complexity index is 517. The Hall–Kier alpha value is -1.54. The molecule has 0 aliphatic carbocycles. The van der Waals surface area contributed by atoms with Crippen molar-refractivity contribution in [3.8, 4) is 11.6 Å². The topological polar surface area (TPSA) is 78.9 Å². The molecule has 0 atom stereocenters. The normalized spacial score (nSPS) is 11.0. The standard InChI is InChI=1S/C14H21BrN2O5/c1-14(2,3)22-13(18)16-9-8-10(21-7-6-19-4)12(20-5)17-11(9)15/h8H,6-7H2,1-5H3,(H,16,18). The van der Waals surface area contributed by atoms with E-state index in [4.69, 9.17) is 18.9 Å². The molecule has 0 radical (unpaired) electrons. The first-order chi connectivity index (χ1) is 10.3. The van der Waals surface area contributed by atoms with Crippen LogP contribution in [0.2, 0.25) is 0 Å². The molecule has 1 N–H and O–H groups in total. The summed E-state index contributed by atoms with van der Waals surface area (Å²) in [5, 5.41) is 2.61. The minimum Gasteiger partial charge on any atom is -0.485 e. The second-order valence-electron chi connectivity index (χ2n) is 5.30. The fourth-order valence-corrected chi connectivity index (χ4v) is 1.82. The van der Waals surface area contributed by atoms with Crippen molar-refractivity contribution in [2.24, 2.45) is 0 Å². The number of rotatable bonds is 6. The van der Waals surface area contributed by atoms with Crippen LogP contribution >= 0.6 is 15.9 Å². The number of anilines is 1. The van der Waals surface area contributed by atoms with Gasteiger partial charge in [-0.1, -0.05) is 0 Å². The van der Waals surface area contributed by atoms with Crippen LogP contribution in [0.4, 0.5) is 10.5 Å². The summed E-state index contributed by atoms with van der Waals surface area (Å²) in [6.07, 6.45) is -0.581. The van der Waals surface area contributed by atoms with Gasteiger partial charge in [0.2, 0.25) is 0 Å². The van der Waals surface area contributed by atoms with Crippen molar-refractivity contribution in [3.63, 3.8) is 0 Å². The molecule has 0 saturated carbocycles. The zero-order valence-electron chi connectivity index (χ0n) is 13.4. The van der Waals surface area contributed by atoms with Crippen LogP contribution in [0.3, 0.4) is 0 Å². The van der Waals surface area contributed by atoms with Gasteiger partial charge in [-0.25, -0.2) is 9.78 Å². The number of hydrogen-bond acceptors (Lipinski definition) is 6. The predicted octanol–water partition coefficient (Wildman–Crippen LogP) is 3.22. The molecule has 0 bridgehead atoms. The number of methoxy groups -OCH3 is 2. The summed E-state index contributed by atoms with van der Waals surface area (Å²) in [6.45, 7) is 6.11. The molecule has 1 aromatic heterocycles. The molecule has 0 spiro atoms. The van der Waals surface area contributed by atoms with Gasteiger partial charge < -0.3 is 18.9 Å². The van der Waals surface area contributed by atoms with E-state index in [-0.39, 0.29) is 0 Å². The van der Waals surface area contributed by atoms with Crippen molar-refractivity contribution < 1.29 is 23.7 Å². The Morgan fingerprint density at radius 2 is 2.00 bits per heavy atom. The monoisotopic (exact) mass is 376 g/mol. The molecule has 124 valence electrons. The lowest BCUT2D eigenvalue weighted by Gasteiger charge is -2.20. The first-order valence-electron chi connectivity index (χ1n) is 6.63. The van der Waals surface area contributed by atoms with Crippen molar-refractivity contribution in [1.29, 1.82) is 0 Å². The van der Waals surface area contributed by atoms with Crippen LogP contribution in [0.5, 0.6) is 11.6 Å². The molecule has 0 aliphatic heterocycles. The second kappa shape index (κ2) is 8.19. The molecule has 1 amide bonds. The van der Waals surface area contributed by atoms with Crippen LogP contribution in [0.1, 0.15) is 20.8 Å². The Morgan fingerprint density at radius 3 is 2.55 bits per heavy atom. The lowest BCUT2D eigenvalue weighted by atomic mass is 10.2. The van der Waals surface area contributed by atoms with Crippen molar-refractivity contribution in [2.45, 2.75) is 26.4 Å². The maximum Gasteiger partial charge on any atom is 0.412 e. The molecule has 1 heterocycles. The summed E-state index contributed by atoms with van der Waals surface area (Å²) in [5.41, 5.74) is -0.170. The molecule has 1 rings (SSSR count). The molecule has 0 aliphatic rings. The third-order valence-corrected chi connectivity index (χ3v) is 2.89. The molecule has 0 saturated heterocycles. The van der Waals surface area contributed by atoms with Crippen LogP contribution in [-0.2, 0) is 9.47 Å². The summed E-state index contributed by atoms with van der Waals surface area (Å²) in [4.78, 5) is 16.0. The molecule has 0 aromatic carbocycles. The fraction of sp³-hybridized carbons (Fsp3) is 0.571. The zero-order valence-corrected chi connectivity index (χ0v) is 14.9. The third kappa shape index (κ3) is 6.07. The van der Waals surface area contributed by atoms with Crippen molar-refractivity contribution in [3.05, 3.63) is 10.7 Å². The second-order valence-corrected chi connectivity index (χ2v) is 6.05. The van der Waals surface area contributed by atoms with Gasteiger partial charge in [0.15, 0.2) is 5.75 Å². The highest BCUT2D eigenvalue weighted by atomic mass is 79.9. The minimum absolute atomic E-state index is 0.303.